The van der Waals surface area contributed by atoms with E-state index in [2.05, 4.69) is 4.72 Å². The standard InChI is InChI=1S/C16H20N2O4S/c1-11(2)15(16(20)22-3)18-13(19)9-14(18)23(21)17-10-12-7-5-4-6-8-12/h4-8,14,17H,9-10H2,1-3H3/t14-,23?/m1/s1. The smallest absolute Gasteiger partial charge is 0.354 e. The maximum absolute atomic E-state index is 12.4. The first kappa shape index (κ1) is 17.5. The Hall–Kier alpha value is -1.83. The molecule has 1 fully saturated rings. The molecule has 23 heavy (non-hydrogen) atoms. The Labute approximate surface area is 138 Å². The molecule has 1 aliphatic heterocycles. The van der Waals surface area contributed by atoms with Gasteiger partial charge in [-0.25, -0.2) is 4.79 Å². The Balaban J connectivity index is 2.06. The van der Waals surface area contributed by atoms with Gasteiger partial charge in [0.05, 0.1) is 31.4 Å². The largest absolute Gasteiger partial charge is 0.596 e. The number of rotatable bonds is 6. The minimum atomic E-state index is -1.47. The van der Waals surface area contributed by atoms with E-state index in [4.69, 9.17) is 4.74 Å². The van der Waals surface area contributed by atoms with Crippen LogP contribution in [0.5, 0.6) is 0 Å². The van der Waals surface area contributed by atoms with Crippen LogP contribution in [0.4, 0.5) is 0 Å². The minimum Gasteiger partial charge on any atom is -0.596 e. The van der Waals surface area contributed by atoms with Crippen molar-refractivity contribution >= 4 is 23.2 Å². The summed E-state index contributed by atoms with van der Waals surface area (Å²) in [5, 5.41) is -0.560. The van der Waals surface area contributed by atoms with E-state index in [1.165, 1.54) is 12.0 Å². The highest BCUT2D eigenvalue weighted by atomic mass is 32.2. The van der Waals surface area contributed by atoms with E-state index < -0.39 is 22.7 Å². The Bertz CT molecular complexity index is 614. The second-order valence-corrected chi connectivity index (χ2v) is 6.79. The van der Waals surface area contributed by atoms with Crippen LogP contribution in [-0.2, 0) is 32.2 Å². The molecule has 0 bridgehead atoms. The number of carbonyl (C=O) groups excluding carboxylic acids is 2. The van der Waals surface area contributed by atoms with E-state index in [9.17, 15) is 14.1 Å². The normalized spacial score (nSPS) is 18.2. The van der Waals surface area contributed by atoms with Crippen LogP contribution in [0.15, 0.2) is 41.6 Å². The first-order chi connectivity index (χ1) is 11.0. The van der Waals surface area contributed by atoms with Crippen LogP contribution in [0.1, 0.15) is 25.8 Å². The third-order valence-electron chi connectivity index (χ3n) is 3.51. The maximum atomic E-state index is 12.4. The molecule has 1 heterocycles. The van der Waals surface area contributed by atoms with Crippen molar-refractivity contribution in [2.24, 2.45) is 0 Å². The molecule has 124 valence electrons. The molecule has 0 radical (unpaired) electrons. The van der Waals surface area contributed by atoms with Crippen LogP contribution in [0.3, 0.4) is 0 Å². The van der Waals surface area contributed by atoms with Crippen LogP contribution >= 0.6 is 0 Å². The fraction of sp³-hybridized carbons (Fsp3) is 0.375. The van der Waals surface area contributed by atoms with Gasteiger partial charge in [0.15, 0.2) is 0 Å². The zero-order chi connectivity index (χ0) is 17.0. The van der Waals surface area contributed by atoms with Crippen molar-refractivity contribution in [3.8, 4) is 0 Å². The number of amides is 1. The highest BCUT2D eigenvalue weighted by Crippen LogP contribution is 2.30. The van der Waals surface area contributed by atoms with E-state index in [-0.39, 0.29) is 18.0 Å². The Morgan fingerprint density at radius 1 is 1.39 bits per heavy atom. The SMILES string of the molecule is COC(=O)C(=C(C)C)N1C(=O)C[C@H]1[S+]([O-])NCc1ccccc1. The molecule has 0 spiro atoms. The third kappa shape index (κ3) is 3.93. The van der Waals surface area contributed by atoms with Crippen molar-refractivity contribution < 1.29 is 18.9 Å². The highest BCUT2D eigenvalue weighted by molar-refractivity contribution is 7.90. The summed E-state index contributed by atoms with van der Waals surface area (Å²) in [6.07, 6.45) is 0.141. The number of carbonyl (C=O) groups is 2. The summed E-state index contributed by atoms with van der Waals surface area (Å²) in [5.41, 5.74) is 1.81. The van der Waals surface area contributed by atoms with Crippen molar-refractivity contribution in [2.75, 3.05) is 7.11 Å². The maximum Gasteiger partial charge on any atom is 0.354 e. The molecule has 6 nitrogen and oxygen atoms in total. The predicted molar refractivity (Wildman–Crippen MR) is 87.1 cm³/mol. The van der Waals surface area contributed by atoms with E-state index in [0.717, 1.165) is 5.56 Å². The number of benzene rings is 1. The van der Waals surface area contributed by atoms with Gasteiger partial charge in [0.25, 0.3) is 0 Å². The van der Waals surface area contributed by atoms with Crippen molar-refractivity contribution in [3.63, 3.8) is 0 Å². The number of nitrogens with zero attached hydrogens (tertiary/aromatic N) is 1. The molecule has 1 aromatic carbocycles. The van der Waals surface area contributed by atoms with Gasteiger partial charge in [-0.15, -0.1) is 4.72 Å². The summed E-state index contributed by atoms with van der Waals surface area (Å²) < 4.78 is 20.1. The third-order valence-corrected chi connectivity index (χ3v) is 4.81. The Morgan fingerprint density at radius 2 is 2.04 bits per heavy atom. The summed E-state index contributed by atoms with van der Waals surface area (Å²) in [6, 6.07) is 9.55. The van der Waals surface area contributed by atoms with Gasteiger partial charge in [-0.2, -0.15) is 0 Å². The summed E-state index contributed by atoms with van der Waals surface area (Å²) in [6.45, 7) is 3.86. The summed E-state index contributed by atoms with van der Waals surface area (Å²) in [4.78, 5) is 25.1. The monoisotopic (exact) mass is 336 g/mol. The summed E-state index contributed by atoms with van der Waals surface area (Å²) in [7, 11) is 1.26. The molecule has 2 atom stereocenters. The lowest BCUT2D eigenvalue weighted by molar-refractivity contribution is -0.147. The molecule has 0 aliphatic carbocycles. The molecule has 1 amide bonds. The number of allylic oxidation sites excluding steroid dienone is 1. The van der Waals surface area contributed by atoms with E-state index in [1.54, 1.807) is 13.8 Å². The van der Waals surface area contributed by atoms with E-state index >= 15 is 0 Å². The number of esters is 1. The number of nitrogens with one attached hydrogen (secondary N) is 1. The second kappa shape index (κ2) is 7.63. The quantitative estimate of drug-likeness (QED) is 0.368. The molecular weight excluding hydrogens is 316 g/mol. The van der Waals surface area contributed by atoms with Crippen molar-refractivity contribution in [2.45, 2.75) is 32.2 Å². The molecule has 7 heteroatoms. The molecule has 2 rings (SSSR count). The van der Waals surface area contributed by atoms with Gasteiger partial charge in [-0.3, -0.25) is 9.69 Å². The Morgan fingerprint density at radius 3 is 2.57 bits per heavy atom. The van der Waals surface area contributed by atoms with Gasteiger partial charge in [0, 0.05) is 0 Å². The number of ether oxygens (including phenoxy) is 1. The summed E-state index contributed by atoms with van der Waals surface area (Å²) in [5.74, 6) is -0.824. The fourth-order valence-electron chi connectivity index (χ4n) is 2.31. The van der Waals surface area contributed by atoms with Crippen LogP contribution in [0, 0.1) is 0 Å². The molecule has 1 saturated heterocycles. The predicted octanol–water partition coefficient (Wildman–Crippen LogP) is 1.47. The molecule has 0 aromatic heterocycles. The zero-order valence-corrected chi connectivity index (χ0v) is 14.2. The first-order valence-electron chi connectivity index (χ1n) is 7.21. The lowest BCUT2D eigenvalue weighted by Crippen LogP contribution is -2.59. The number of likely N-dealkylation sites (tertiary alicyclic amines) is 1. The second-order valence-electron chi connectivity index (χ2n) is 5.37. The molecule has 1 aliphatic rings. The fourth-order valence-corrected chi connectivity index (χ4v) is 3.52. The number of hydrogen-bond donors (Lipinski definition) is 1. The molecule has 0 saturated carbocycles. The van der Waals surface area contributed by atoms with Gasteiger partial charge in [-0.05, 0) is 25.0 Å². The van der Waals surface area contributed by atoms with E-state index in [0.29, 0.717) is 12.1 Å². The van der Waals surface area contributed by atoms with Crippen LogP contribution < -0.4 is 4.72 Å². The van der Waals surface area contributed by atoms with Crippen molar-refractivity contribution in [1.29, 1.82) is 0 Å². The van der Waals surface area contributed by atoms with Gasteiger partial charge in [0.2, 0.25) is 11.3 Å². The van der Waals surface area contributed by atoms with Crippen LogP contribution in [0.2, 0.25) is 0 Å². The first-order valence-corrected chi connectivity index (χ1v) is 8.43. The van der Waals surface area contributed by atoms with Crippen molar-refractivity contribution in [3.05, 3.63) is 47.2 Å². The van der Waals surface area contributed by atoms with Gasteiger partial charge < -0.3 is 9.29 Å². The molecular formula is C16H20N2O4S. The van der Waals surface area contributed by atoms with Gasteiger partial charge in [-0.1, -0.05) is 30.3 Å². The van der Waals surface area contributed by atoms with Crippen LogP contribution in [-0.4, -0.2) is 33.8 Å². The summed E-state index contributed by atoms with van der Waals surface area (Å²) >= 11 is -1.47. The number of hydrogen-bond acceptors (Lipinski definition) is 5. The lowest BCUT2D eigenvalue weighted by atomic mass is 10.1. The minimum absolute atomic E-state index is 0.141. The Kier molecular flexibility index (Phi) is 5.81. The average molecular weight is 336 g/mol. The highest BCUT2D eigenvalue weighted by Gasteiger charge is 2.49. The van der Waals surface area contributed by atoms with Crippen molar-refractivity contribution in [1.82, 2.24) is 9.62 Å². The number of methoxy groups -OCH3 is 1. The molecule has 1 aromatic rings. The van der Waals surface area contributed by atoms with Gasteiger partial charge >= 0.3 is 5.97 Å². The lowest BCUT2D eigenvalue weighted by Gasteiger charge is -2.40. The zero-order valence-electron chi connectivity index (χ0n) is 13.4. The average Bonchev–Trinajstić information content (AvgIpc) is 2.55. The molecule has 1 unspecified atom stereocenters. The topological polar surface area (TPSA) is 81.7 Å². The van der Waals surface area contributed by atoms with Gasteiger partial charge in [0.1, 0.15) is 5.70 Å². The van der Waals surface area contributed by atoms with Crippen LogP contribution in [0.25, 0.3) is 0 Å². The van der Waals surface area contributed by atoms with E-state index in [1.807, 2.05) is 30.3 Å². The number of β-lactam (4-membered cyclic amide) rings is 1. The molecule has 1 N–H and O–H groups in total.